The van der Waals surface area contributed by atoms with Gasteiger partial charge in [-0.15, -0.1) is 0 Å². The number of benzene rings is 2. The summed E-state index contributed by atoms with van der Waals surface area (Å²) >= 11 is 6.72. The van der Waals surface area contributed by atoms with Crippen LogP contribution in [0.15, 0.2) is 42.5 Å². The SMILES string of the molecule is COc1cccc(C(O)(C(OC)N2CCCC(CC3CCN(c4ccc(C5OCC5N(C)C)c(Cl)c4)CC3)CC2)C(F)(F)F)c1. The second-order valence-electron chi connectivity index (χ2n) is 13.1. The number of halogens is 4. The summed E-state index contributed by atoms with van der Waals surface area (Å²) in [6, 6.07) is 12.2. The second-order valence-corrected chi connectivity index (χ2v) is 13.5. The van der Waals surface area contributed by atoms with Gasteiger partial charge in [-0.3, -0.25) is 4.90 Å². The first kappa shape index (κ1) is 34.3. The van der Waals surface area contributed by atoms with Crippen molar-refractivity contribution in [1.82, 2.24) is 9.80 Å². The smallest absolute Gasteiger partial charge is 0.425 e. The monoisotopic (exact) mass is 653 g/mol. The molecule has 3 aliphatic rings. The maximum atomic E-state index is 14.6. The van der Waals surface area contributed by atoms with Gasteiger partial charge in [-0.1, -0.05) is 29.8 Å². The van der Waals surface area contributed by atoms with E-state index in [1.807, 2.05) is 0 Å². The van der Waals surface area contributed by atoms with Gasteiger partial charge in [0.15, 0.2) is 6.23 Å². The molecule has 0 radical (unpaired) electrons. The number of rotatable bonds is 10. The molecule has 1 N–H and O–H groups in total. The minimum atomic E-state index is -4.95. The summed E-state index contributed by atoms with van der Waals surface area (Å²) in [5.74, 6) is 1.23. The lowest BCUT2D eigenvalue weighted by Crippen LogP contribution is -2.59. The average Bonchev–Trinajstić information content (AvgIpc) is 3.22. The van der Waals surface area contributed by atoms with E-state index < -0.39 is 18.0 Å². The van der Waals surface area contributed by atoms with E-state index in [1.165, 1.54) is 32.4 Å². The summed E-state index contributed by atoms with van der Waals surface area (Å²) in [6.07, 6.45) is -0.866. The first-order valence-electron chi connectivity index (χ1n) is 16.0. The third-order valence-corrected chi connectivity index (χ3v) is 10.5. The molecule has 2 aromatic carbocycles. The fourth-order valence-electron chi connectivity index (χ4n) is 7.39. The topological polar surface area (TPSA) is 57.6 Å². The van der Waals surface area contributed by atoms with Gasteiger partial charge < -0.3 is 29.1 Å². The highest BCUT2D eigenvalue weighted by molar-refractivity contribution is 6.31. The molecule has 250 valence electrons. The predicted molar refractivity (Wildman–Crippen MR) is 170 cm³/mol. The summed E-state index contributed by atoms with van der Waals surface area (Å²) in [7, 11) is 6.74. The highest BCUT2D eigenvalue weighted by Crippen LogP contribution is 2.45. The van der Waals surface area contributed by atoms with Crippen molar-refractivity contribution in [3.8, 4) is 5.75 Å². The highest BCUT2D eigenvalue weighted by Gasteiger charge is 2.62. The number of anilines is 1. The Bertz CT molecular complexity index is 1280. The van der Waals surface area contributed by atoms with Crippen molar-refractivity contribution < 1.29 is 32.5 Å². The number of hydrogen-bond donors (Lipinski definition) is 1. The summed E-state index contributed by atoms with van der Waals surface area (Å²) < 4.78 is 60.2. The van der Waals surface area contributed by atoms with E-state index in [2.05, 4.69) is 42.1 Å². The molecule has 0 saturated carbocycles. The summed E-state index contributed by atoms with van der Waals surface area (Å²) in [6.45, 7) is 3.46. The molecule has 3 heterocycles. The minimum Gasteiger partial charge on any atom is -0.497 e. The molecule has 0 aromatic heterocycles. The summed E-state index contributed by atoms with van der Waals surface area (Å²) in [5.41, 5.74) is -1.33. The van der Waals surface area contributed by atoms with Gasteiger partial charge in [-0.05, 0) is 88.7 Å². The number of likely N-dealkylation sites (tertiary alicyclic amines) is 1. The largest absolute Gasteiger partial charge is 0.497 e. The van der Waals surface area contributed by atoms with Crippen LogP contribution in [0, 0.1) is 11.8 Å². The van der Waals surface area contributed by atoms with Crippen LogP contribution in [0.2, 0.25) is 5.02 Å². The fourth-order valence-corrected chi connectivity index (χ4v) is 7.67. The zero-order chi connectivity index (χ0) is 32.4. The molecule has 11 heteroatoms. The molecular formula is C34H47ClF3N3O4. The molecule has 0 amide bonds. The van der Waals surface area contributed by atoms with E-state index in [1.54, 1.807) is 11.0 Å². The van der Waals surface area contributed by atoms with Gasteiger partial charge in [-0.2, -0.15) is 13.2 Å². The van der Waals surface area contributed by atoms with E-state index in [4.69, 9.17) is 25.8 Å². The van der Waals surface area contributed by atoms with Crippen LogP contribution in [-0.4, -0.2) is 94.5 Å². The van der Waals surface area contributed by atoms with Gasteiger partial charge in [0.05, 0.1) is 19.8 Å². The Labute approximate surface area is 270 Å². The zero-order valence-electron chi connectivity index (χ0n) is 26.7. The van der Waals surface area contributed by atoms with Crippen molar-refractivity contribution in [2.45, 2.75) is 68.7 Å². The molecule has 5 atom stereocenters. The number of ether oxygens (including phenoxy) is 3. The van der Waals surface area contributed by atoms with E-state index in [-0.39, 0.29) is 17.4 Å². The molecular weight excluding hydrogens is 607 g/mol. The van der Waals surface area contributed by atoms with Gasteiger partial charge in [0.2, 0.25) is 5.60 Å². The summed E-state index contributed by atoms with van der Waals surface area (Å²) in [5, 5.41) is 12.1. The second kappa shape index (κ2) is 14.4. The van der Waals surface area contributed by atoms with Gasteiger partial charge in [0.1, 0.15) is 11.9 Å². The molecule has 3 fully saturated rings. The van der Waals surface area contributed by atoms with Gasteiger partial charge >= 0.3 is 6.18 Å². The lowest BCUT2D eigenvalue weighted by atomic mass is 9.84. The maximum Gasteiger partial charge on any atom is 0.425 e. The third kappa shape index (κ3) is 7.26. The number of methoxy groups -OCH3 is 2. The predicted octanol–water partition coefficient (Wildman–Crippen LogP) is 6.48. The molecule has 5 rings (SSSR count). The lowest BCUT2D eigenvalue weighted by Gasteiger charge is -2.42. The number of hydrogen-bond acceptors (Lipinski definition) is 7. The molecule has 45 heavy (non-hydrogen) atoms. The molecule has 5 unspecified atom stereocenters. The Morgan fingerprint density at radius 2 is 1.71 bits per heavy atom. The van der Waals surface area contributed by atoms with Crippen LogP contribution >= 0.6 is 11.6 Å². The van der Waals surface area contributed by atoms with Gasteiger partial charge in [-0.25, -0.2) is 0 Å². The number of nitrogens with zero attached hydrogens (tertiary/aromatic N) is 3. The Morgan fingerprint density at radius 3 is 2.31 bits per heavy atom. The highest BCUT2D eigenvalue weighted by atomic mass is 35.5. The maximum absolute atomic E-state index is 14.6. The van der Waals surface area contributed by atoms with Crippen molar-refractivity contribution in [2.24, 2.45) is 11.8 Å². The Kier molecular flexibility index (Phi) is 10.9. The van der Waals surface area contributed by atoms with E-state index >= 15 is 0 Å². The Balaban J connectivity index is 1.17. The van der Waals surface area contributed by atoms with E-state index in [9.17, 15) is 18.3 Å². The van der Waals surface area contributed by atoms with Crippen molar-refractivity contribution in [3.05, 3.63) is 58.6 Å². The minimum absolute atomic E-state index is 0.00562. The zero-order valence-corrected chi connectivity index (χ0v) is 27.5. The van der Waals surface area contributed by atoms with Gasteiger partial charge in [0, 0.05) is 55.1 Å². The first-order valence-corrected chi connectivity index (χ1v) is 16.4. The fraction of sp³-hybridized carbons (Fsp3) is 0.647. The number of piperidine rings is 1. The number of likely N-dealkylation sites (N-methyl/N-ethyl adjacent to an activating group) is 1. The van der Waals surface area contributed by atoms with E-state index in [0.717, 1.165) is 67.9 Å². The van der Waals surface area contributed by atoms with Crippen molar-refractivity contribution >= 4 is 17.3 Å². The molecule has 3 saturated heterocycles. The van der Waals surface area contributed by atoms with Crippen LogP contribution in [0.4, 0.5) is 18.9 Å². The van der Waals surface area contributed by atoms with E-state index in [0.29, 0.717) is 37.6 Å². The number of alkyl halides is 3. The average molecular weight is 654 g/mol. The van der Waals surface area contributed by atoms with Crippen LogP contribution in [0.25, 0.3) is 0 Å². The van der Waals surface area contributed by atoms with Crippen LogP contribution in [-0.2, 0) is 15.1 Å². The molecule has 7 nitrogen and oxygen atoms in total. The van der Waals surface area contributed by atoms with Crippen molar-refractivity contribution in [1.29, 1.82) is 0 Å². The molecule has 0 bridgehead atoms. The lowest BCUT2D eigenvalue weighted by molar-refractivity contribution is -0.323. The molecule has 0 aliphatic carbocycles. The van der Waals surface area contributed by atoms with Crippen molar-refractivity contribution in [3.63, 3.8) is 0 Å². The normalized spacial score (nSPS) is 25.8. The number of aliphatic hydroxyl groups is 1. The van der Waals surface area contributed by atoms with Crippen LogP contribution < -0.4 is 9.64 Å². The molecule has 0 spiro atoms. The standard InChI is InChI=1S/C34H47ClF3N3O4/c1-39(2)30-22-45-31(30)28-11-10-26(21-29(28)35)40-16-12-24(13-17-40)19-23-7-6-15-41(18-14-23)32(44-4)33(42,34(36,37)38)25-8-5-9-27(20-25)43-3/h5,8-11,20-21,23-24,30-32,42H,6-7,12-19,22H2,1-4H3. The van der Waals surface area contributed by atoms with Gasteiger partial charge in [0.25, 0.3) is 0 Å². The molecule has 3 aliphatic heterocycles. The Hall–Kier alpha value is -2.08. The molecule has 2 aromatic rings. The first-order chi connectivity index (χ1) is 21.5. The van der Waals surface area contributed by atoms with Crippen LogP contribution in [0.1, 0.15) is 55.8 Å². The third-order valence-electron chi connectivity index (χ3n) is 10.1. The quantitative estimate of drug-likeness (QED) is 0.315. The van der Waals surface area contributed by atoms with Crippen LogP contribution in [0.5, 0.6) is 5.75 Å². The van der Waals surface area contributed by atoms with Crippen molar-refractivity contribution in [2.75, 3.05) is 66.0 Å². The van der Waals surface area contributed by atoms with Crippen LogP contribution in [0.3, 0.4) is 0 Å². The summed E-state index contributed by atoms with van der Waals surface area (Å²) in [4.78, 5) is 6.24. The Morgan fingerprint density at radius 1 is 1.00 bits per heavy atom.